The molecular weight excluding hydrogens is 430 g/mol. The molecule has 0 saturated carbocycles. The molecule has 1 aliphatic heterocycles. The van der Waals surface area contributed by atoms with Gasteiger partial charge in [-0.15, -0.1) is 6.42 Å². The number of aromatic nitrogens is 2. The number of nitrogens with one attached hydrogen (secondary N) is 3. The van der Waals surface area contributed by atoms with Gasteiger partial charge in [0.05, 0.1) is 42.2 Å². The highest BCUT2D eigenvalue weighted by molar-refractivity contribution is 7.89. The van der Waals surface area contributed by atoms with E-state index in [0.717, 1.165) is 43.2 Å². The normalized spacial score (nSPS) is 14.8. The summed E-state index contributed by atoms with van der Waals surface area (Å²) in [5.74, 6) is 2.73. The van der Waals surface area contributed by atoms with Crippen molar-refractivity contribution in [2.24, 2.45) is 0 Å². The third kappa shape index (κ3) is 5.15. The molecule has 2 aromatic carbocycles. The molecular formula is C22H23N5O4S. The van der Waals surface area contributed by atoms with Crippen molar-refractivity contribution in [3.8, 4) is 12.3 Å². The minimum atomic E-state index is -3.70. The highest BCUT2D eigenvalue weighted by Crippen LogP contribution is 2.19. The molecule has 1 fully saturated rings. The molecule has 1 aliphatic rings. The first-order valence-electron chi connectivity index (χ1n) is 10.1. The standard InChI is InChI=1S/C22H23N5O4S/c1-2-9-23-32(29,30)18-6-3-16(4-7-18)22(28)24-17-5-8-19-20(14-17)26-21(25-19)15-27-10-12-31-13-11-27/h1,3-8,14,23H,9-13,15H2,(H,24,28)(H,25,26). The Kier molecular flexibility index (Phi) is 6.53. The van der Waals surface area contributed by atoms with Crippen molar-refractivity contribution >= 4 is 32.7 Å². The number of hydrogen-bond acceptors (Lipinski definition) is 6. The quantitative estimate of drug-likeness (QED) is 0.468. The minimum absolute atomic E-state index is 0.0379. The second-order valence-corrected chi connectivity index (χ2v) is 9.08. The molecule has 0 unspecified atom stereocenters. The smallest absolute Gasteiger partial charge is 0.255 e. The van der Waals surface area contributed by atoms with Crippen LogP contribution in [-0.2, 0) is 21.3 Å². The number of amides is 1. The van der Waals surface area contributed by atoms with Crippen LogP contribution >= 0.6 is 0 Å². The van der Waals surface area contributed by atoms with Gasteiger partial charge >= 0.3 is 0 Å². The molecule has 4 rings (SSSR count). The van der Waals surface area contributed by atoms with Crippen molar-refractivity contribution in [2.45, 2.75) is 11.4 Å². The van der Waals surface area contributed by atoms with E-state index in [4.69, 9.17) is 11.2 Å². The van der Waals surface area contributed by atoms with Gasteiger partial charge in [-0.05, 0) is 42.5 Å². The van der Waals surface area contributed by atoms with Crippen LogP contribution in [0, 0.1) is 12.3 Å². The van der Waals surface area contributed by atoms with E-state index in [1.54, 1.807) is 6.07 Å². The van der Waals surface area contributed by atoms with Gasteiger partial charge < -0.3 is 15.0 Å². The van der Waals surface area contributed by atoms with Crippen molar-refractivity contribution in [3.05, 3.63) is 53.9 Å². The molecule has 10 heteroatoms. The lowest BCUT2D eigenvalue weighted by Gasteiger charge is -2.25. The van der Waals surface area contributed by atoms with E-state index in [1.165, 1.54) is 24.3 Å². The second kappa shape index (κ2) is 9.50. The van der Waals surface area contributed by atoms with Gasteiger partial charge in [0.1, 0.15) is 5.82 Å². The first kappa shape index (κ1) is 22.0. The maximum Gasteiger partial charge on any atom is 0.255 e. The number of aromatic amines is 1. The number of anilines is 1. The zero-order valence-corrected chi connectivity index (χ0v) is 18.1. The van der Waals surface area contributed by atoms with Gasteiger partial charge in [-0.25, -0.2) is 13.4 Å². The lowest BCUT2D eigenvalue weighted by atomic mass is 10.2. The number of carbonyl (C=O) groups is 1. The Morgan fingerprint density at radius 2 is 1.94 bits per heavy atom. The summed E-state index contributed by atoms with van der Waals surface area (Å²) in [6.45, 7) is 3.81. The highest BCUT2D eigenvalue weighted by Gasteiger charge is 2.15. The molecule has 0 radical (unpaired) electrons. The van der Waals surface area contributed by atoms with Gasteiger partial charge in [0.25, 0.3) is 5.91 Å². The molecule has 1 aromatic heterocycles. The molecule has 0 atom stereocenters. The fraction of sp³-hybridized carbons (Fsp3) is 0.273. The van der Waals surface area contributed by atoms with Crippen LogP contribution in [0.15, 0.2) is 47.4 Å². The lowest BCUT2D eigenvalue weighted by molar-refractivity contribution is 0.0332. The van der Waals surface area contributed by atoms with Crippen LogP contribution in [0.25, 0.3) is 11.0 Å². The average molecular weight is 454 g/mol. The molecule has 0 spiro atoms. The molecule has 0 aliphatic carbocycles. The van der Waals surface area contributed by atoms with Gasteiger partial charge in [0.15, 0.2) is 0 Å². The monoisotopic (exact) mass is 453 g/mol. The van der Waals surface area contributed by atoms with Gasteiger partial charge in [-0.1, -0.05) is 5.92 Å². The number of benzene rings is 2. The summed E-state index contributed by atoms with van der Waals surface area (Å²) in [6, 6.07) is 11.1. The number of ether oxygens (including phenoxy) is 1. The average Bonchev–Trinajstić information content (AvgIpc) is 3.20. The minimum Gasteiger partial charge on any atom is -0.379 e. The fourth-order valence-corrected chi connectivity index (χ4v) is 4.33. The van der Waals surface area contributed by atoms with E-state index in [1.807, 2.05) is 12.1 Å². The van der Waals surface area contributed by atoms with Crippen LogP contribution in [-0.4, -0.2) is 62.0 Å². The van der Waals surface area contributed by atoms with Crippen molar-refractivity contribution in [1.82, 2.24) is 19.6 Å². The summed E-state index contributed by atoms with van der Waals surface area (Å²) >= 11 is 0. The zero-order chi connectivity index (χ0) is 22.6. The maximum absolute atomic E-state index is 12.6. The van der Waals surface area contributed by atoms with Crippen molar-refractivity contribution < 1.29 is 17.9 Å². The number of imidazole rings is 1. The van der Waals surface area contributed by atoms with E-state index < -0.39 is 10.0 Å². The summed E-state index contributed by atoms with van der Waals surface area (Å²) < 4.78 is 31.8. The topological polar surface area (TPSA) is 116 Å². The number of terminal acetylenes is 1. The Morgan fingerprint density at radius 1 is 1.19 bits per heavy atom. The Hall–Kier alpha value is -3.23. The largest absolute Gasteiger partial charge is 0.379 e. The van der Waals surface area contributed by atoms with Crippen LogP contribution in [0.5, 0.6) is 0 Å². The highest BCUT2D eigenvalue weighted by atomic mass is 32.2. The molecule has 2 heterocycles. The summed E-state index contributed by atoms with van der Waals surface area (Å²) in [4.78, 5) is 22.8. The summed E-state index contributed by atoms with van der Waals surface area (Å²) in [6.07, 6.45) is 5.09. The Bertz CT molecular complexity index is 1260. The third-order valence-corrected chi connectivity index (χ3v) is 6.47. The second-order valence-electron chi connectivity index (χ2n) is 7.31. The predicted octanol–water partition coefficient (Wildman–Crippen LogP) is 1.56. The molecule has 166 valence electrons. The Morgan fingerprint density at radius 3 is 2.66 bits per heavy atom. The van der Waals surface area contributed by atoms with Crippen LogP contribution < -0.4 is 10.0 Å². The summed E-state index contributed by atoms with van der Waals surface area (Å²) in [5.41, 5.74) is 2.59. The molecule has 32 heavy (non-hydrogen) atoms. The van der Waals surface area contributed by atoms with E-state index >= 15 is 0 Å². The van der Waals surface area contributed by atoms with E-state index in [0.29, 0.717) is 17.8 Å². The number of H-pyrrole nitrogens is 1. The molecule has 3 N–H and O–H groups in total. The fourth-order valence-electron chi connectivity index (χ4n) is 3.39. The number of fused-ring (bicyclic) bond motifs is 1. The first-order chi connectivity index (χ1) is 15.4. The van der Waals surface area contributed by atoms with Gasteiger partial charge in [0.2, 0.25) is 10.0 Å². The van der Waals surface area contributed by atoms with Gasteiger partial charge in [-0.3, -0.25) is 9.69 Å². The summed E-state index contributed by atoms with van der Waals surface area (Å²) in [7, 11) is -3.70. The number of nitrogens with zero attached hydrogens (tertiary/aromatic N) is 2. The number of rotatable bonds is 7. The Labute approximate surface area is 186 Å². The zero-order valence-electron chi connectivity index (χ0n) is 17.3. The molecule has 0 bridgehead atoms. The van der Waals surface area contributed by atoms with Crippen LogP contribution in [0.2, 0.25) is 0 Å². The van der Waals surface area contributed by atoms with Crippen LogP contribution in [0.3, 0.4) is 0 Å². The predicted molar refractivity (Wildman–Crippen MR) is 121 cm³/mol. The molecule has 3 aromatic rings. The lowest BCUT2D eigenvalue weighted by Crippen LogP contribution is -2.35. The van der Waals surface area contributed by atoms with Crippen molar-refractivity contribution in [2.75, 3.05) is 38.2 Å². The van der Waals surface area contributed by atoms with Crippen molar-refractivity contribution in [3.63, 3.8) is 0 Å². The van der Waals surface area contributed by atoms with E-state index in [-0.39, 0.29) is 17.3 Å². The SMILES string of the molecule is C#CCNS(=O)(=O)c1ccc(C(=O)Nc2ccc3nc(CN4CCOCC4)[nH]c3c2)cc1. The van der Waals surface area contributed by atoms with Crippen LogP contribution in [0.1, 0.15) is 16.2 Å². The van der Waals surface area contributed by atoms with Gasteiger partial charge in [0, 0.05) is 24.3 Å². The Balaban J connectivity index is 1.43. The molecule has 9 nitrogen and oxygen atoms in total. The number of hydrogen-bond donors (Lipinski definition) is 3. The van der Waals surface area contributed by atoms with Gasteiger partial charge in [-0.2, -0.15) is 4.72 Å². The number of morpholine rings is 1. The van der Waals surface area contributed by atoms with Crippen LogP contribution in [0.4, 0.5) is 5.69 Å². The third-order valence-electron chi connectivity index (χ3n) is 5.06. The number of sulfonamides is 1. The maximum atomic E-state index is 12.6. The molecule has 1 amide bonds. The van der Waals surface area contributed by atoms with E-state index in [9.17, 15) is 13.2 Å². The summed E-state index contributed by atoms with van der Waals surface area (Å²) in [5, 5.41) is 2.83. The number of carbonyl (C=O) groups excluding carboxylic acids is 1. The molecule has 1 saturated heterocycles. The van der Waals surface area contributed by atoms with E-state index in [2.05, 4.69) is 30.8 Å². The van der Waals surface area contributed by atoms with Crippen molar-refractivity contribution in [1.29, 1.82) is 0 Å². The first-order valence-corrected chi connectivity index (χ1v) is 11.6.